The number of hydrogen-bond acceptors (Lipinski definition) is 4. The van der Waals surface area contributed by atoms with Gasteiger partial charge < -0.3 is 4.74 Å². The molecule has 0 aliphatic rings. The number of aromatic nitrogens is 1. The first-order valence-corrected chi connectivity index (χ1v) is 7.33. The third kappa shape index (κ3) is 3.61. The number of carbonyl (C=O) groups is 1. The van der Waals surface area contributed by atoms with E-state index >= 15 is 0 Å². The van der Waals surface area contributed by atoms with Gasteiger partial charge in [0.25, 0.3) is 0 Å². The first-order chi connectivity index (χ1) is 9.10. The number of ether oxygens (including phenoxy) is 1. The average molecular weight is 344 g/mol. The Balaban J connectivity index is 2.16. The molecule has 0 amide bonds. The van der Waals surface area contributed by atoms with Crippen molar-refractivity contribution in [3.05, 3.63) is 39.6 Å². The minimum absolute atomic E-state index is 0.159. The van der Waals surface area contributed by atoms with Crippen molar-refractivity contribution in [3.8, 4) is 10.6 Å². The highest BCUT2D eigenvalue weighted by atomic mass is 79.9. The number of carbonyl (C=O) groups excluding carboxylic acids is 1. The predicted molar refractivity (Wildman–Crippen MR) is 75.5 cm³/mol. The van der Waals surface area contributed by atoms with Gasteiger partial charge in [0.15, 0.2) is 0 Å². The Hall–Kier alpha value is -1.27. The molecule has 0 aliphatic heterocycles. The lowest BCUT2D eigenvalue weighted by atomic mass is 10.2. The third-order valence-corrected chi connectivity index (χ3v) is 3.90. The van der Waals surface area contributed by atoms with Gasteiger partial charge in [0.1, 0.15) is 10.8 Å². The molecule has 0 radical (unpaired) electrons. The Kier molecular flexibility index (Phi) is 4.66. The second-order valence-electron chi connectivity index (χ2n) is 3.75. The molecule has 6 heteroatoms. The SMILES string of the molecule is CCOC(=O)Cc1csc(-c2ccc(F)c(Br)c2)n1. The minimum Gasteiger partial charge on any atom is -0.466 e. The molecule has 19 heavy (non-hydrogen) atoms. The summed E-state index contributed by atoms with van der Waals surface area (Å²) in [4.78, 5) is 15.7. The van der Waals surface area contributed by atoms with Crippen LogP contribution in [0, 0.1) is 5.82 Å². The summed E-state index contributed by atoms with van der Waals surface area (Å²) in [6.45, 7) is 2.13. The van der Waals surface area contributed by atoms with E-state index in [2.05, 4.69) is 20.9 Å². The number of benzene rings is 1. The van der Waals surface area contributed by atoms with Gasteiger partial charge in [-0.2, -0.15) is 0 Å². The summed E-state index contributed by atoms with van der Waals surface area (Å²) in [5.74, 6) is -0.605. The van der Waals surface area contributed by atoms with Crippen molar-refractivity contribution in [1.82, 2.24) is 4.98 Å². The normalized spacial score (nSPS) is 10.5. The molecule has 1 heterocycles. The Morgan fingerprint density at radius 3 is 3.00 bits per heavy atom. The molecule has 0 spiro atoms. The summed E-state index contributed by atoms with van der Waals surface area (Å²) in [6, 6.07) is 4.71. The summed E-state index contributed by atoms with van der Waals surface area (Å²) in [7, 11) is 0. The highest BCUT2D eigenvalue weighted by Gasteiger charge is 2.10. The van der Waals surface area contributed by atoms with Gasteiger partial charge >= 0.3 is 5.97 Å². The lowest BCUT2D eigenvalue weighted by Gasteiger charge is -1.99. The summed E-state index contributed by atoms with van der Waals surface area (Å²) in [5, 5.41) is 2.56. The molecular weight excluding hydrogens is 333 g/mol. The van der Waals surface area contributed by atoms with Crippen LogP contribution in [0.3, 0.4) is 0 Å². The Labute approximate surface area is 122 Å². The molecule has 1 aromatic carbocycles. The van der Waals surface area contributed by atoms with Crippen molar-refractivity contribution in [1.29, 1.82) is 0 Å². The summed E-state index contributed by atoms with van der Waals surface area (Å²) in [5.41, 5.74) is 1.48. The summed E-state index contributed by atoms with van der Waals surface area (Å²) >= 11 is 4.55. The van der Waals surface area contributed by atoms with Gasteiger partial charge in [-0.25, -0.2) is 9.37 Å². The predicted octanol–water partition coefficient (Wildman–Crippen LogP) is 3.82. The van der Waals surface area contributed by atoms with E-state index in [0.29, 0.717) is 16.8 Å². The maximum atomic E-state index is 13.2. The molecule has 1 aromatic heterocycles. The first-order valence-electron chi connectivity index (χ1n) is 5.65. The lowest BCUT2D eigenvalue weighted by molar-refractivity contribution is -0.142. The van der Waals surface area contributed by atoms with Crippen LogP contribution in [0.5, 0.6) is 0 Å². The van der Waals surface area contributed by atoms with Crippen LogP contribution in [0.1, 0.15) is 12.6 Å². The van der Waals surface area contributed by atoms with Crippen molar-refractivity contribution in [3.63, 3.8) is 0 Å². The summed E-state index contributed by atoms with van der Waals surface area (Å²) in [6.07, 6.45) is 0.159. The standard InChI is InChI=1S/C13H11BrFNO2S/c1-2-18-12(17)6-9-7-19-13(16-9)8-3-4-11(15)10(14)5-8/h3-5,7H,2,6H2,1H3. The maximum absolute atomic E-state index is 13.2. The third-order valence-electron chi connectivity index (χ3n) is 2.35. The highest BCUT2D eigenvalue weighted by Crippen LogP contribution is 2.27. The van der Waals surface area contributed by atoms with Gasteiger partial charge in [-0.05, 0) is 41.1 Å². The van der Waals surface area contributed by atoms with Crippen molar-refractivity contribution in [2.45, 2.75) is 13.3 Å². The monoisotopic (exact) mass is 343 g/mol. The van der Waals surface area contributed by atoms with Crippen molar-refractivity contribution in [2.24, 2.45) is 0 Å². The number of nitrogens with zero attached hydrogens (tertiary/aromatic N) is 1. The molecular formula is C13H11BrFNO2S. The molecule has 0 aliphatic carbocycles. The minimum atomic E-state index is -0.313. The quantitative estimate of drug-likeness (QED) is 0.792. The van der Waals surface area contributed by atoms with Crippen LogP contribution in [0.25, 0.3) is 10.6 Å². The zero-order valence-corrected chi connectivity index (χ0v) is 12.6. The van der Waals surface area contributed by atoms with Crippen molar-refractivity contribution < 1.29 is 13.9 Å². The molecule has 3 nitrogen and oxygen atoms in total. The smallest absolute Gasteiger partial charge is 0.311 e. The molecule has 2 rings (SSSR count). The molecule has 0 saturated heterocycles. The van der Waals surface area contributed by atoms with E-state index in [9.17, 15) is 9.18 Å². The molecule has 0 saturated carbocycles. The zero-order chi connectivity index (χ0) is 13.8. The molecule has 0 bridgehead atoms. The molecule has 0 atom stereocenters. The number of halogens is 2. The average Bonchev–Trinajstić information content (AvgIpc) is 2.81. The Morgan fingerprint density at radius 2 is 2.32 bits per heavy atom. The summed E-state index contributed by atoms with van der Waals surface area (Å²) < 4.78 is 18.4. The van der Waals surface area contributed by atoms with E-state index in [1.165, 1.54) is 17.4 Å². The molecule has 100 valence electrons. The number of hydrogen-bond donors (Lipinski definition) is 0. The van der Waals surface area contributed by atoms with E-state index in [4.69, 9.17) is 4.74 Å². The molecule has 2 aromatic rings. The van der Waals surface area contributed by atoms with Crippen LogP contribution in [-0.4, -0.2) is 17.6 Å². The molecule has 0 fully saturated rings. The zero-order valence-electron chi connectivity index (χ0n) is 10.2. The molecule has 0 unspecified atom stereocenters. The number of thiazole rings is 1. The first kappa shape index (κ1) is 14.1. The van der Waals surface area contributed by atoms with E-state index in [-0.39, 0.29) is 18.2 Å². The van der Waals surface area contributed by atoms with Crippen LogP contribution in [-0.2, 0) is 16.0 Å². The lowest BCUT2D eigenvalue weighted by Crippen LogP contribution is -2.07. The fourth-order valence-electron chi connectivity index (χ4n) is 1.51. The van der Waals surface area contributed by atoms with Crippen LogP contribution in [0.2, 0.25) is 0 Å². The topological polar surface area (TPSA) is 39.2 Å². The van der Waals surface area contributed by atoms with E-state index in [1.54, 1.807) is 19.1 Å². The maximum Gasteiger partial charge on any atom is 0.311 e. The van der Waals surface area contributed by atoms with E-state index < -0.39 is 0 Å². The van der Waals surface area contributed by atoms with Crippen molar-refractivity contribution >= 4 is 33.2 Å². The Bertz CT molecular complexity index is 600. The van der Waals surface area contributed by atoms with Crippen LogP contribution < -0.4 is 0 Å². The number of rotatable bonds is 4. The van der Waals surface area contributed by atoms with Crippen LogP contribution >= 0.6 is 27.3 Å². The largest absolute Gasteiger partial charge is 0.466 e. The van der Waals surface area contributed by atoms with Crippen LogP contribution in [0.4, 0.5) is 4.39 Å². The van der Waals surface area contributed by atoms with Gasteiger partial charge in [0.2, 0.25) is 0 Å². The van der Waals surface area contributed by atoms with Gasteiger partial charge in [0.05, 0.1) is 23.2 Å². The fourth-order valence-corrected chi connectivity index (χ4v) is 2.71. The molecule has 0 N–H and O–H groups in total. The van der Waals surface area contributed by atoms with Crippen molar-refractivity contribution in [2.75, 3.05) is 6.61 Å². The van der Waals surface area contributed by atoms with Gasteiger partial charge in [0, 0.05) is 10.9 Å². The second-order valence-corrected chi connectivity index (χ2v) is 5.47. The number of esters is 1. The fraction of sp³-hybridized carbons (Fsp3) is 0.231. The van der Waals surface area contributed by atoms with Gasteiger partial charge in [-0.1, -0.05) is 0 Å². The van der Waals surface area contributed by atoms with Crippen LogP contribution in [0.15, 0.2) is 28.1 Å². The van der Waals surface area contributed by atoms with E-state index in [1.807, 2.05) is 5.38 Å². The van der Waals surface area contributed by atoms with Gasteiger partial charge in [-0.3, -0.25) is 4.79 Å². The van der Waals surface area contributed by atoms with Gasteiger partial charge in [-0.15, -0.1) is 11.3 Å². The van der Waals surface area contributed by atoms with E-state index in [0.717, 1.165) is 10.6 Å². The highest BCUT2D eigenvalue weighted by molar-refractivity contribution is 9.10. The Morgan fingerprint density at radius 1 is 1.53 bits per heavy atom. The second kappa shape index (κ2) is 6.25.